The molecule has 0 aliphatic rings. The van der Waals surface area contributed by atoms with Crippen molar-refractivity contribution < 1.29 is 18.8 Å². The number of nitrogens with zero attached hydrogens (tertiary/aromatic N) is 3. The van der Waals surface area contributed by atoms with E-state index < -0.39 is 0 Å². The molecule has 0 radical (unpaired) electrons. The van der Waals surface area contributed by atoms with Crippen LogP contribution < -0.4 is 14.8 Å². The molecule has 164 valence electrons. The van der Waals surface area contributed by atoms with Crippen LogP contribution in [0.1, 0.15) is 18.7 Å². The second-order valence-electron chi connectivity index (χ2n) is 6.89. The van der Waals surface area contributed by atoms with Crippen LogP contribution in [-0.2, 0) is 11.2 Å². The average Bonchev–Trinajstić information content (AvgIpc) is 3.49. The smallest absolute Gasteiger partial charge is 0.226 e. The number of carbonyl (C=O) groups is 1. The Morgan fingerprint density at radius 2 is 1.84 bits per heavy atom. The number of ether oxygens (including phenoxy) is 2. The molecule has 9 heteroatoms. The molecule has 0 aliphatic heterocycles. The number of aryl methyl sites for hydroxylation is 1. The molecule has 8 nitrogen and oxygen atoms in total. The fourth-order valence-electron chi connectivity index (χ4n) is 3.10. The van der Waals surface area contributed by atoms with Crippen molar-refractivity contribution in [1.29, 1.82) is 0 Å². The predicted octanol–water partition coefficient (Wildman–Crippen LogP) is 4.84. The number of benzene rings is 2. The van der Waals surface area contributed by atoms with Gasteiger partial charge in [0, 0.05) is 29.3 Å². The minimum Gasteiger partial charge on any atom is -0.493 e. The van der Waals surface area contributed by atoms with Gasteiger partial charge in [-0.2, -0.15) is 4.98 Å². The number of hydrogen-bond acceptors (Lipinski definition) is 8. The van der Waals surface area contributed by atoms with Gasteiger partial charge in [0.25, 0.3) is 0 Å². The van der Waals surface area contributed by atoms with Crippen LogP contribution in [0.3, 0.4) is 0 Å². The lowest BCUT2D eigenvalue weighted by Gasteiger charge is -2.07. The minimum absolute atomic E-state index is 0.0985. The molecule has 0 unspecified atom stereocenters. The molecule has 0 bridgehead atoms. The normalized spacial score (nSPS) is 10.7. The highest BCUT2D eigenvalue weighted by molar-refractivity contribution is 7.14. The fraction of sp³-hybridized carbons (Fsp3) is 0.217. The maximum absolute atomic E-state index is 12.3. The van der Waals surface area contributed by atoms with Crippen molar-refractivity contribution in [2.75, 3.05) is 19.5 Å². The minimum atomic E-state index is -0.0985. The van der Waals surface area contributed by atoms with E-state index in [9.17, 15) is 4.79 Å². The summed E-state index contributed by atoms with van der Waals surface area (Å²) in [6, 6.07) is 15.3. The third-order valence-electron chi connectivity index (χ3n) is 4.72. The zero-order valence-corrected chi connectivity index (χ0v) is 18.5. The number of hydrogen-bond donors (Lipinski definition) is 1. The Kier molecular flexibility index (Phi) is 6.76. The summed E-state index contributed by atoms with van der Waals surface area (Å²) in [5.41, 5.74) is 2.62. The van der Waals surface area contributed by atoms with Crippen molar-refractivity contribution in [3.63, 3.8) is 0 Å². The van der Waals surface area contributed by atoms with Crippen LogP contribution in [0.25, 0.3) is 22.6 Å². The van der Waals surface area contributed by atoms with Crippen molar-refractivity contribution in [3.05, 3.63) is 59.8 Å². The maximum atomic E-state index is 12.3. The van der Waals surface area contributed by atoms with Gasteiger partial charge in [-0.05, 0) is 24.6 Å². The number of carbonyl (C=O) groups excluding carboxylic acids is 1. The first kappa shape index (κ1) is 21.5. The Morgan fingerprint density at radius 1 is 1.03 bits per heavy atom. The average molecular weight is 451 g/mol. The van der Waals surface area contributed by atoms with Crippen LogP contribution in [0.2, 0.25) is 0 Å². The first-order valence-electron chi connectivity index (χ1n) is 10.0. The first-order valence-corrected chi connectivity index (χ1v) is 10.9. The molecule has 2 heterocycles. The number of methoxy groups -OCH3 is 2. The van der Waals surface area contributed by atoms with E-state index in [0.29, 0.717) is 47.6 Å². The van der Waals surface area contributed by atoms with E-state index in [0.717, 1.165) is 16.8 Å². The zero-order chi connectivity index (χ0) is 22.3. The summed E-state index contributed by atoms with van der Waals surface area (Å²) >= 11 is 1.41. The highest BCUT2D eigenvalue weighted by Gasteiger charge is 2.13. The molecule has 4 aromatic rings. The molecule has 32 heavy (non-hydrogen) atoms. The maximum Gasteiger partial charge on any atom is 0.226 e. The third-order valence-corrected chi connectivity index (χ3v) is 5.48. The molecular formula is C23H22N4O4S. The van der Waals surface area contributed by atoms with Gasteiger partial charge in [-0.15, -0.1) is 11.3 Å². The summed E-state index contributed by atoms with van der Waals surface area (Å²) in [5, 5.41) is 9.39. The van der Waals surface area contributed by atoms with Crippen LogP contribution in [0.4, 0.5) is 5.13 Å². The number of anilines is 1. The number of rotatable bonds is 9. The summed E-state index contributed by atoms with van der Waals surface area (Å²) in [5.74, 6) is 2.05. The molecule has 0 saturated heterocycles. The standard InChI is InChI=1S/C23H22N4O4S/c1-29-18-12-11-16(13-19(18)30-2)22-26-21(31-27-22)10-6-9-20(28)25-23-24-17(14-32-23)15-7-4-3-5-8-15/h3-5,7-8,11-14H,6,9-10H2,1-2H3,(H,24,25,28). The number of amides is 1. The predicted molar refractivity (Wildman–Crippen MR) is 122 cm³/mol. The summed E-state index contributed by atoms with van der Waals surface area (Å²) in [6.45, 7) is 0. The van der Waals surface area contributed by atoms with Crippen LogP contribution in [0.15, 0.2) is 58.4 Å². The highest BCUT2D eigenvalue weighted by atomic mass is 32.1. The van der Waals surface area contributed by atoms with E-state index in [1.165, 1.54) is 11.3 Å². The molecule has 0 atom stereocenters. The lowest BCUT2D eigenvalue weighted by atomic mass is 10.2. The summed E-state index contributed by atoms with van der Waals surface area (Å²) in [7, 11) is 3.15. The van der Waals surface area contributed by atoms with E-state index in [1.54, 1.807) is 26.4 Å². The summed E-state index contributed by atoms with van der Waals surface area (Å²) in [4.78, 5) is 21.2. The lowest BCUT2D eigenvalue weighted by molar-refractivity contribution is -0.116. The Balaban J connectivity index is 1.29. The molecule has 2 aromatic heterocycles. The molecule has 0 spiro atoms. The van der Waals surface area contributed by atoms with Crippen molar-refractivity contribution in [2.24, 2.45) is 0 Å². The van der Waals surface area contributed by atoms with Crippen molar-refractivity contribution in [1.82, 2.24) is 15.1 Å². The topological polar surface area (TPSA) is 99.4 Å². The van der Waals surface area contributed by atoms with Gasteiger partial charge in [0.15, 0.2) is 16.6 Å². The van der Waals surface area contributed by atoms with E-state index in [2.05, 4.69) is 20.4 Å². The van der Waals surface area contributed by atoms with Gasteiger partial charge in [0.2, 0.25) is 17.6 Å². The monoisotopic (exact) mass is 450 g/mol. The molecule has 2 aromatic carbocycles. The largest absolute Gasteiger partial charge is 0.493 e. The second kappa shape index (κ2) is 10.1. The molecule has 0 aliphatic carbocycles. The van der Waals surface area contributed by atoms with Crippen molar-refractivity contribution >= 4 is 22.4 Å². The molecule has 1 amide bonds. The lowest BCUT2D eigenvalue weighted by Crippen LogP contribution is -2.11. The molecular weight excluding hydrogens is 428 g/mol. The van der Waals surface area contributed by atoms with Gasteiger partial charge >= 0.3 is 0 Å². The van der Waals surface area contributed by atoms with Crippen LogP contribution in [0, 0.1) is 0 Å². The third kappa shape index (κ3) is 5.12. The molecule has 1 N–H and O–H groups in total. The SMILES string of the molecule is COc1ccc(-c2noc(CCCC(=O)Nc3nc(-c4ccccc4)cs3)n2)cc1OC. The van der Waals surface area contributed by atoms with Gasteiger partial charge in [0.1, 0.15) is 0 Å². The van der Waals surface area contributed by atoms with E-state index in [4.69, 9.17) is 14.0 Å². The quantitative estimate of drug-likeness (QED) is 0.389. The van der Waals surface area contributed by atoms with Gasteiger partial charge in [-0.3, -0.25) is 4.79 Å². The van der Waals surface area contributed by atoms with Gasteiger partial charge < -0.3 is 19.3 Å². The van der Waals surface area contributed by atoms with Gasteiger partial charge in [-0.25, -0.2) is 4.98 Å². The Labute approximate surface area is 189 Å². The number of nitrogens with one attached hydrogen (secondary N) is 1. The number of aromatic nitrogens is 3. The zero-order valence-electron chi connectivity index (χ0n) is 17.7. The van der Waals surface area contributed by atoms with E-state index >= 15 is 0 Å². The fourth-order valence-corrected chi connectivity index (χ4v) is 3.84. The Morgan fingerprint density at radius 3 is 2.62 bits per heavy atom. The Bertz CT molecular complexity index is 1190. The highest BCUT2D eigenvalue weighted by Crippen LogP contribution is 2.31. The van der Waals surface area contributed by atoms with Crippen LogP contribution >= 0.6 is 11.3 Å². The summed E-state index contributed by atoms with van der Waals surface area (Å²) < 4.78 is 15.9. The summed E-state index contributed by atoms with van der Waals surface area (Å²) in [6.07, 6.45) is 1.41. The van der Waals surface area contributed by atoms with E-state index in [1.807, 2.05) is 41.8 Å². The van der Waals surface area contributed by atoms with Crippen LogP contribution in [0.5, 0.6) is 11.5 Å². The van der Waals surface area contributed by atoms with Crippen molar-refractivity contribution in [3.8, 4) is 34.1 Å². The van der Waals surface area contributed by atoms with Crippen molar-refractivity contribution in [2.45, 2.75) is 19.3 Å². The van der Waals surface area contributed by atoms with Crippen LogP contribution in [-0.4, -0.2) is 35.3 Å². The number of thiazole rings is 1. The molecule has 0 fully saturated rings. The second-order valence-corrected chi connectivity index (χ2v) is 7.75. The van der Waals surface area contributed by atoms with Gasteiger partial charge in [-0.1, -0.05) is 35.5 Å². The molecule has 0 saturated carbocycles. The first-order chi connectivity index (χ1) is 15.7. The van der Waals surface area contributed by atoms with Gasteiger partial charge in [0.05, 0.1) is 19.9 Å². The van der Waals surface area contributed by atoms with E-state index in [-0.39, 0.29) is 5.91 Å². The molecule has 4 rings (SSSR count). The Hall–Kier alpha value is -3.72.